The summed E-state index contributed by atoms with van der Waals surface area (Å²) in [7, 11) is 0. The fourth-order valence-electron chi connectivity index (χ4n) is 1.50. The van der Waals surface area contributed by atoms with Crippen LogP contribution in [0.4, 0.5) is 4.79 Å². The summed E-state index contributed by atoms with van der Waals surface area (Å²) in [6.07, 6.45) is 0. The zero-order valence-electron chi connectivity index (χ0n) is 9.15. The Morgan fingerprint density at radius 1 is 1.31 bits per heavy atom. The SMILES string of the molecule is O=C1NCCN1CCNC(CO)(CO)CO. The Bertz CT molecular complexity index is 225. The van der Waals surface area contributed by atoms with E-state index in [0.717, 1.165) is 0 Å². The molecule has 1 saturated heterocycles. The molecule has 1 aliphatic rings. The van der Waals surface area contributed by atoms with Crippen molar-refractivity contribution in [1.29, 1.82) is 0 Å². The first kappa shape index (κ1) is 13.2. The highest BCUT2D eigenvalue weighted by atomic mass is 16.3. The average molecular weight is 233 g/mol. The van der Waals surface area contributed by atoms with E-state index in [-0.39, 0.29) is 25.9 Å². The molecule has 0 spiro atoms. The van der Waals surface area contributed by atoms with Crippen molar-refractivity contribution in [3.05, 3.63) is 0 Å². The minimum absolute atomic E-state index is 0.107. The largest absolute Gasteiger partial charge is 0.394 e. The Morgan fingerprint density at radius 2 is 1.94 bits per heavy atom. The lowest BCUT2D eigenvalue weighted by atomic mass is 10.0. The van der Waals surface area contributed by atoms with E-state index in [1.165, 1.54) is 0 Å². The molecule has 0 aromatic rings. The summed E-state index contributed by atoms with van der Waals surface area (Å²) in [5.74, 6) is 0. The van der Waals surface area contributed by atoms with Crippen LogP contribution in [0.1, 0.15) is 0 Å². The Hall–Kier alpha value is -0.890. The number of urea groups is 1. The molecular formula is C9H19N3O4. The van der Waals surface area contributed by atoms with Gasteiger partial charge in [0, 0.05) is 26.2 Å². The third-order valence-corrected chi connectivity index (χ3v) is 2.73. The second-order valence-electron chi connectivity index (χ2n) is 3.90. The number of nitrogens with one attached hydrogen (secondary N) is 2. The van der Waals surface area contributed by atoms with Gasteiger partial charge in [0.1, 0.15) is 0 Å². The molecular weight excluding hydrogens is 214 g/mol. The molecule has 2 amide bonds. The van der Waals surface area contributed by atoms with Crippen molar-refractivity contribution in [3.8, 4) is 0 Å². The highest BCUT2D eigenvalue weighted by Crippen LogP contribution is 2.01. The van der Waals surface area contributed by atoms with Crippen LogP contribution in [0.3, 0.4) is 0 Å². The third-order valence-electron chi connectivity index (χ3n) is 2.73. The zero-order valence-corrected chi connectivity index (χ0v) is 9.15. The minimum atomic E-state index is -1.07. The summed E-state index contributed by atoms with van der Waals surface area (Å²) >= 11 is 0. The first-order valence-corrected chi connectivity index (χ1v) is 5.28. The lowest BCUT2D eigenvalue weighted by molar-refractivity contribution is 0.0419. The van der Waals surface area contributed by atoms with E-state index < -0.39 is 5.54 Å². The minimum Gasteiger partial charge on any atom is -0.394 e. The van der Waals surface area contributed by atoms with Crippen LogP contribution in [0.15, 0.2) is 0 Å². The number of carbonyl (C=O) groups is 1. The van der Waals surface area contributed by atoms with Gasteiger partial charge in [-0.1, -0.05) is 0 Å². The van der Waals surface area contributed by atoms with Gasteiger partial charge in [0.2, 0.25) is 0 Å². The quantitative estimate of drug-likeness (QED) is 0.329. The number of rotatable bonds is 7. The molecule has 0 saturated carbocycles. The van der Waals surface area contributed by atoms with Gasteiger partial charge in [0.25, 0.3) is 0 Å². The van der Waals surface area contributed by atoms with Crippen LogP contribution in [0.5, 0.6) is 0 Å². The second kappa shape index (κ2) is 6.00. The summed E-state index contributed by atoms with van der Waals surface area (Å²) in [6, 6.07) is -0.107. The average Bonchev–Trinajstić information content (AvgIpc) is 2.71. The van der Waals surface area contributed by atoms with Gasteiger partial charge >= 0.3 is 6.03 Å². The van der Waals surface area contributed by atoms with Gasteiger partial charge in [-0.15, -0.1) is 0 Å². The molecule has 0 aliphatic carbocycles. The summed E-state index contributed by atoms with van der Waals surface area (Å²) < 4.78 is 0. The maximum atomic E-state index is 11.2. The summed E-state index contributed by atoms with van der Waals surface area (Å²) in [5, 5.41) is 32.7. The highest BCUT2D eigenvalue weighted by Gasteiger charge is 2.27. The van der Waals surface area contributed by atoms with Crippen LogP contribution >= 0.6 is 0 Å². The Kier molecular flexibility index (Phi) is 4.94. The molecule has 1 fully saturated rings. The first-order chi connectivity index (χ1) is 7.67. The number of amides is 2. The number of aliphatic hydroxyl groups is 3. The van der Waals surface area contributed by atoms with Gasteiger partial charge < -0.3 is 30.9 Å². The molecule has 0 bridgehead atoms. The van der Waals surface area contributed by atoms with Crippen molar-refractivity contribution in [2.75, 3.05) is 46.0 Å². The topological polar surface area (TPSA) is 105 Å². The Morgan fingerprint density at radius 3 is 2.38 bits per heavy atom. The van der Waals surface area contributed by atoms with Crippen molar-refractivity contribution in [2.24, 2.45) is 0 Å². The van der Waals surface area contributed by atoms with Crippen molar-refractivity contribution in [1.82, 2.24) is 15.5 Å². The van der Waals surface area contributed by atoms with Crippen LogP contribution in [0, 0.1) is 0 Å². The molecule has 0 unspecified atom stereocenters. The van der Waals surface area contributed by atoms with Crippen molar-refractivity contribution in [3.63, 3.8) is 0 Å². The van der Waals surface area contributed by atoms with Crippen molar-refractivity contribution in [2.45, 2.75) is 5.54 Å². The first-order valence-electron chi connectivity index (χ1n) is 5.28. The van der Waals surface area contributed by atoms with E-state index >= 15 is 0 Å². The zero-order chi connectivity index (χ0) is 12.0. The van der Waals surface area contributed by atoms with Gasteiger partial charge in [-0.25, -0.2) is 4.79 Å². The fourth-order valence-corrected chi connectivity index (χ4v) is 1.50. The third kappa shape index (κ3) is 3.05. The van der Waals surface area contributed by atoms with Crippen molar-refractivity contribution >= 4 is 6.03 Å². The number of hydrogen-bond acceptors (Lipinski definition) is 5. The van der Waals surface area contributed by atoms with Gasteiger partial charge in [0.15, 0.2) is 0 Å². The van der Waals surface area contributed by atoms with Crippen LogP contribution in [0.25, 0.3) is 0 Å². The van der Waals surface area contributed by atoms with Gasteiger partial charge in [-0.05, 0) is 0 Å². The summed E-state index contributed by atoms with van der Waals surface area (Å²) in [6.45, 7) is 1.13. The molecule has 94 valence electrons. The van der Waals surface area contributed by atoms with E-state index in [4.69, 9.17) is 15.3 Å². The number of hydrogen-bond donors (Lipinski definition) is 5. The van der Waals surface area contributed by atoms with Crippen LogP contribution in [-0.4, -0.2) is 77.8 Å². The number of aliphatic hydroxyl groups excluding tert-OH is 3. The maximum absolute atomic E-state index is 11.2. The Balaban J connectivity index is 2.30. The van der Waals surface area contributed by atoms with Crippen molar-refractivity contribution < 1.29 is 20.1 Å². The molecule has 16 heavy (non-hydrogen) atoms. The predicted molar refractivity (Wildman–Crippen MR) is 57.0 cm³/mol. The lowest BCUT2D eigenvalue weighted by Crippen LogP contribution is -2.56. The lowest BCUT2D eigenvalue weighted by Gasteiger charge is -2.29. The number of nitrogens with zero attached hydrogens (tertiary/aromatic N) is 1. The monoisotopic (exact) mass is 233 g/mol. The van der Waals surface area contributed by atoms with E-state index in [9.17, 15) is 4.79 Å². The summed E-state index contributed by atoms with van der Waals surface area (Å²) in [4.78, 5) is 12.8. The molecule has 0 aromatic carbocycles. The summed E-state index contributed by atoms with van der Waals surface area (Å²) in [5.41, 5.74) is -1.07. The maximum Gasteiger partial charge on any atom is 0.317 e. The fraction of sp³-hybridized carbons (Fsp3) is 0.889. The molecule has 1 rings (SSSR count). The molecule has 1 heterocycles. The Labute approximate surface area is 94.1 Å². The molecule has 5 N–H and O–H groups in total. The molecule has 0 atom stereocenters. The second-order valence-corrected chi connectivity index (χ2v) is 3.90. The van der Waals surface area contributed by atoms with Gasteiger partial charge in [-0.2, -0.15) is 0 Å². The highest BCUT2D eigenvalue weighted by molar-refractivity contribution is 5.76. The van der Waals surface area contributed by atoms with Crippen LogP contribution < -0.4 is 10.6 Å². The van der Waals surface area contributed by atoms with Gasteiger partial charge in [-0.3, -0.25) is 0 Å². The molecule has 0 aromatic heterocycles. The molecule has 0 radical (unpaired) electrons. The van der Waals surface area contributed by atoms with Crippen LogP contribution in [-0.2, 0) is 0 Å². The number of carbonyl (C=O) groups excluding carboxylic acids is 1. The predicted octanol–water partition coefficient (Wildman–Crippen LogP) is -2.68. The standard InChI is InChI=1S/C9H19N3O4/c13-5-9(6-14,7-15)11-2-4-12-3-1-10-8(12)16/h11,13-15H,1-7H2,(H,10,16). The molecule has 7 heteroatoms. The normalized spacial score (nSPS) is 16.7. The molecule has 1 aliphatic heterocycles. The van der Waals surface area contributed by atoms with E-state index in [1.54, 1.807) is 4.90 Å². The van der Waals surface area contributed by atoms with E-state index in [2.05, 4.69) is 10.6 Å². The van der Waals surface area contributed by atoms with E-state index in [0.29, 0.717) is 26.2 Å². The molecule has 7 nitrogen and oxygen atoms in total. The van der Waals surface area contributed by atoms with Crippen LogP contribution in [0.2, 0.25) is 0 Å². The smallest absolute Gasteiger partial charge is 0.317 e. The van der Waals surface area contributed by atoms with E-state index in [1.807, 2.05) is 0 Å². The van der Waals surface area contributed by atoms with Gasteiger partial charge in [0.05, 0.1) is 25.4 Å².